The van der Waals surface area contributed by atoms with E-state index in [1.165, 1.54) is 6.07 Å². The number of nitrogens with one attached hydrogen (secondary N) is 1. The first-order valence-electron chi connectivity index (χ1n) is 8.76. The van der Waals surface area contributed by atoms with Crippen LogP contribution in [0.1, 0.15) is 36.5 Å². The molecule has 1 aliphatic carbocycles. The maximum atomic E-state index is 14.7. The molecular weight excluding hydrogens is 352 g/mol. The molecule has 1 heterocycles. The molecule has 0 saturated heterocycles. The Morgan fingerprint density at radius 1 is 1.19 bits per heavy atom. The SMILES string of the molecule is CS(=O)Cc1cccc2c(C(C)(c3ccc(F)cc3F)C3CC3)c[nH]c12. The number of benzene rings is 2. The lowest BCUT2D eigenvalue weighted by atomic mass is 9.72. The Kier molecular flexibility index (Phi) is 4.22. The molecule has 2 nitrogen and oxygen atoms in total. The fraction of sp³-hybridized carbons (Fsp3) is 0.333. The summed E-state index contributed by atoms with van der Waals surface area (Å²) in [5, 5.41) is 1.02. The molecular formula is C21H21F2NOS. The number of hydrogen-bond acceptors (Lipinski definition) is 1. The topological polar surface area (TPSA) is 32.9 Å². The molecule has 5 heteroatoms. The van der Waals surface area contributed by atoms with Gasteiger partial charge in [-0.3, -0.25) is 4.21 Å². The van der Waals surface area contributed by atoms with Crippen LogP contribution in [0.15, 0.2) is 42.6 Å². The van der Waals surface area contributed by atoms with Crippen LogP contribution in [0.2, 0.25) is 0 Å². The van der Waals surface area contributed by atoms with Crippen molar-refractivity contribution in [3.63, 3.8) is 0 Å². The van der Waals surface area contributed by atoms with Gasteiger partial charge in [0.05, 0.1) is 5.75 Å². The molecule has 2 unspecified atom stereocenters. The van der Waals surface area contributed by atoms with Gasteiger partial charge in [0.25, 0.3) is 0 Å². The monoisotopic (exact) mass is 373 g/mol. The van der Waals surface area contributed by atoms with Crippen LogP contribution in [-0.2, 0) is 22.0 Å². The van der Waals surface area contributed by atoms with E-state index in [9.17, 15) is 13.0 Å². The summed E-state index contributed by atoms with van der Waals surface area (Å²) >= 11 is 0. The van der Waals surface area contributed by atoms with Crippen LogP contribution in [-0.4, -0.2) is 15.4 Å². The van der Waals surface area contributed by atoms with Gasteiger partial charge in [0.2, 0.25) is 0 Å². The maximum absolute atomic E-state index is 14.7. The number of H-pyrrole nitrogens is 1. The molecule has 1 saturated carbocycles. The third-order valence-corrected chi connectivity index (χ3v) is 6.32. The Hall–Kier alpha value is -2.01. The van der Waals surface area contributed by atoms with Crippen LogP contribution >= 0.6 is 0 Å². The largest absolute Gasteiger partial charge is 0.361 e. The average Bonchev–Trinajstić information content (AvgIpc) is 3.34. The van der Waals surface area contributed by atoms with Crippen LogP contribution < -0.4 is 0 Å². The molecule has 2 aromatic carbocycles. The number of hydrogen-bond donors (Lipinski definition) is 1. The van der Waals surface area contributed by atoms with Gasteiger partial charge in [-0.1, -0.05) is 31.2 Å². The van der Waals surface area contributed by atoms with E-state index in [1.807, 2.05) is 31.3 Å². The van der Waals surface area contributed by atoms with Crippen molar-refractivity contribution in [1.29, 1.82) is 0 Å². The molecule has 1 N–H and O–H groups in total. The molecule has 0 spiro atoms. The summed E-state index contributed by atoms with van der Waals surface area (Å²) in [5.74, 6) is -0.261. The van der Waals surface area contributed by atoms with E-state index < -0.39 is 27.8 Å². The molecule has 0 amide bonds. The molecule has 4 rings (SSSR count). The van der Waals surface area contributed by atoms with Gasteiger partial charge in [0, 0.05) is 45.6 Å². The third kappa shape index (κ3) is 2.78. The first-order chi connectivity index (χ1) is 12.4. The minimum atomic E-state index is -0.945. The van der Waals surface area contributed by atoms with E-state index >= 15 is 0 Å². The van der Waals surface area contributed by atoms with Gasteiger partial charge in [-0.15, -0.1) is 0 Å². The average molecular weight is 373 g/mol. The Bertz CT molecular complexity index is 1010. The molecule has 1 fully saturated rings. The minimum absolute atomic E-state index is 0.324. The van der Waals surface area contributed by atoms with Crippen molar-refractivity contribution in [2.75, 3.05) is 6.26 Å². The van der Waals surface area contributed by atoms with Crippen molar-refractivity contribution in [2.45, 2.75) is 30.9 Å². The second-order valence-corrected chi connectivity index (χ2v) is 8.80. The summed E-state index contributed by atoms with van der Waals surface area (Å²) < 4.78 is 39.8. The predicted molar refractivity (Wildman–Crippen MR) is 102 cm³/mol. The summed E-state index contributed by atoms with van der Waals surface area (Å²) in [6, 6.07) is 9.82. The van der Waals surface area contributed by atoms with Gasteiger partial charge in [0.15, 0.2) is 0 Å². The summed E-state index contributed by atoms with van der Waals surface area (Å²) in [4.78, 5) is 3.32. The molecule has 1 aliphatic rings. The highest BCUT2D eigenvalue weighted by Gasteiger charge is 2.46. The molecule has 3 aromatic rings. The van der Waals surface area contributed by atoms with Gasteiger partial charge in [-0.25, -0.2) is 8.78 Å². The number of fused-ring (bicyclic) bond motifs is 1. The van der Waals surface area contributed by atoms with Gasteiger partial charge >= 0.3 is 0 Å². The van der Waals surface area contributed by atoms with Crippen molar-refractivity contribution in [1.82, 2.24) is 4.98 Å². The van der Waals surface area contributed by atoms with E-state index in [0.29, 0.717) is 17.2 Å². The second-order valence-electron chi connectivity index (χ2n) is 7.36. The van der Waals surface area contributed by atoms with Crippen LogP contribution in [0.3, 0.4) is 0 Å². The summed E-state index contributed by atoms with van der Waals surface area (Å²) in [6.45, 7) is 2.05. The fourth-order valence-electron chi connectivity index (χ4n) is 4.14. The minimum Gasteiger partial charge on any atom is -0.361 e. The number of aromatic amines is 1. The highest BCUT2D eigenvalue weighted by molar-refractivity contribution is 7.83. The van der Waals surface area contributed by atoms with Gasteiger partial charge < -0.3 is 4.98 Å². The van der Waals surface area contributed by atoms with Gasteiger partial charge in [0.1, 0.15) is 11.6 Å². The standard InChI is InChI=1S/C21H21F2NOS/c1-21(14-6-7-14,17-9-8-15(22)10-19(17)23)18-11-24-20-13(12-26(2)25)4-3-5-16(18)20/h3-5,8-11,14,24H,6-7,12H2,1-2H3. The number of para-hydroxylation sites is 1. The lowest BCUT2D eigenvalue weighted by molar-refractivity contribution is 0.460. The van der Waals surface area contributed by atoms with E-state index in [2.05, 4.69) is 4.98 Å². The van der Waals surface area contributed by atoms with E-state index in [0.717, 1.165) is 40.9 Å². The molecule has 0 bridgehead atoms. The maximum Gasteiger partial charge on any atom is 0.130 e. The quantitative estimate of drug-likeness (QED) is 0.668. The third-order valence-electron chi connectivity index (χ3n) is 5.60. The van der Waals surface area contributed by atoms with Gasteiger partial charge in [-0.05, 0) is 41.5 Å². The predicted octanol–water partition coefficient (Wildman–Crippen LogP) is 5.04. The first-order valence-corrected chi connectivity index (χ1v) is 10.5. The molecule has 0 radical (unpaired) electrons. The van der Waals surface area contributed by atoms with E-state index in [1.54, 1.807) is 12.3 Å². The zero-order valence-corrected chi connectivity index (χ0v) is 15.6. The van der Waals surface area contributed by atoms with Crippen molar-refractivity contribution < 1.29 is 13.0 Å². The molecule has 26 heavy (non-hydrogen) atoms. The smallest absolute Gasteiger partial charge is 0.130 e. The Labute approximate surface area is 154 Å². The molecule has 0 aliphatic heterocycles. The van der Waals surface area contributed by atoms with E-state index in [4.69, 9.17) is 0 Å². The summed E-state index contributed by atoms with van der Waals surface area (Å²) in [7, 11) is -0.945. The zero-order chi connectivity index (χ0) is 18.5. The van der Waals surface area contributed by atoms with Crippen molar-refractivity contribution >= 4 is 21.7 Å². The number of aromatic nitrogens is 1. The van der Waals surface area contributed by atoms with Crippen molar-refractivity contribution in [2.24, 2.45) is 5.92 Å². The lowest BCUT2D eigenvalue weighted by Gasteiger charge is -2.31. The normalized spacial score (nSPS) is 18.0. The van der Waals surface area contributed by atoms with Crippen molar-refractivity contribution in [3.8, 4) is 0 Å². The summed E-state index contributed by atoms with van der Waals surface area (Å²) in [6.07, 6.45) is 5.68. The number of halogens is 2. The Morgan fingerprint density at radius 3 is 2.62 bits per heavy atom. The summed E-state index contributed by atoms with van der Waals surface area (Å²) in [5.41, 5.74) is 2.97. The Balaban J connectivity index is 1.92. The van der Waals surface area contributed by atoms with Crippen LogP contribution in [0.4, 0.5) is 8.78 Å². The van der Waals surface area contributed by atoms with Crippen molar-refractivity contribution in [3.05, 3.63) is 70.9 Å². The van der Waals surface area contributed by atoms with Gasteiger partial charge in [-0.2, -0.15) is 0 Å². The van der Waals surface area contributed by atoms with E-state index in [-0.39, 0.29) is 0 Å². The second kappa shape index (κ2) is 6.31. The molecule has 136 valence electrons. The highest BCUT2D eigenvalue weighted by Crippen LogP contribution is 2.53. The highest BCUT2D eigenvalue weighted by atomic mass is 32.2. The lowest BCUT2D eigenvalue weighted by Crippen LogP contribution is -2.27. The fourth-order valence-corrected chi connectivity index (χ4v) is 4.82. The van der Waals surface area contributed by atoms with Crippen LogP contribution in [0.25, 0.3) is 10.9 Å². The van der Waals surface area contributed by atoms with Crippen LogP contribution in [0.5, 0.6) is 0 Å². The van der Waals surface area contributed by atoms with Crippen LogP contribution in [0, 0.1) is 17.6 Å². The molecule has 2 atom stereocenters. The molecule has 1 aromatic heterocycles. The Morgan fingerprint density at radius 2 is 1.96 bits per heavy atom. The number of rotatable bonds is 5. The zero-order valence-electron chi connectivity index (χ0n) is 14.8. The first kappa shape index (κ1) is 17.4.